The van der Waals surface area contributed by atoms with Gasteiger partial charge in [-0.1, -0.05) is 88.1 Å². The second kappa shape index (κ2) is 18.3. The molecule has 0 radical (unpaired) electrons. The lowest BCUT2D eigenvalue weighted by atomic mass is 9.80. The first-order chi connectivity index (χ1) is 25.2. The fraction of sp³-hybridized carbons (Fsp3) is 0.725. The van der Waals surface area contributed by atoms with E-state index in [2.05, 4.69) is 16.0 Å². The van der Waals surface area contributed by atoms with Gasteiger partial charge in [0.2, 0.25) is 17.6 Å². The molecule has 5 N–H and O–H groups in total. The average Bonchev–Trinajstić information content (AvgIpc) is 3.55. The van der Waals surface area contributed by atoms with Crippen LogP contribution in [0, 0.1) is 11.8 Å². The molecule has 0 aromatic heterocycles. The predicted octanol–water partition coefficient (Wildman–Crippen LogP) is 4.40. The van der Waals surface area contributed by atoms with Crippen molar-refractivity contribution in [3.63, 3.8) is 0 Å². The summed E-state index contributed by atoms with van der Waals surface area (Å²) < 4.78 is 19.2. The Kier molecular flexibility index (Phi) is 14.1. The Morgan fingerprint density at radius 1 is 0.925 bits per heavy atom. The van der Waals surface area contributed by atoms with Crippen molar-refractivity contribution in [2.75, 3.05) is 12.3 Å². The third-order valence-electron chi connectivity index (χ3n) is 11.8. The van der Waals surface area contributed by atoms with Crippen LogP contribution in [-0.2, 0) is 41.3 Å². The Morgan fingerprint density at radius 2 is 1.58 bits per heavy atom. The average molecular weight is 756 g/mol. The highest BCUT2D eigenvalue weighted by Gasteiger charge is 2.46. The third-order valence-corrected chi connectivity index (χ3v) is 14.0. The number of amides is 5. The second-order valence-corrected chi connectivity index (χ2v) is 19.1. The van der Waals surface area contributed by atoms with Crippen LogP contribution in [0.25, 0.3) is 0 Å². The Morgan fingerprint density at radius 3 is 2.19 bits per heavy atom. The number of primary amides is 1. The molecule has 0 spiro atoms. The van der Waals surface area contributed by atoms with Gasteiger partial charge in [-0.05, 0) is 70.3 Å². The van der Waals surface area contributed by atoms with Crippen molar-refractivity contribution in [2.45, 2.75) is 158 Å². The van der Waals surface area contributed by atoms with Crippen LogP contribution < -0.4 is 21.7 Å². The highest BCUT2D eigenvalue weighted by atomic mass is 32.2. The van der Waals surface area contributed by atoms with E-state index in [4.69, 9.17) is 10.5 Å². The Labute approximate surface area is 317 Å². The van der Waals surface area contributed by atoms with E-state index in [1.54, 1.807) is 0 Å². The van der Waals surface area contributed by atoms with Gasteiger partial charge in [0.25, 0.3) is 5.91 Å². The fourth-order valence-corrected chi connectivity index (χ4v) is 9.67. The monoisotopic (exact) mass is 755 g/mol. The number of ketones is 1. The molecule has 294 valence electrons. The molecular formula is C40H61N5O7S. The number of hydrogen-bond donors (Lipinski definition) is 4. The van der Waals surface area contributed by atoms with Crippen LogP contribution in [0.1, 0.15) is 123 Å². The van der Waals surface area contributed by atoms with E-state index in [1.165, 1.54) is 4.90 Å². The van der Waals surface area contributed by atoms with Crippen molar-refractivity contribution >= 4 is 40.3 Å². The number of rotatable bonds is 15. The normalized spacial score (nSPS) is 23.9. The zero-order chi connectivity index (χ0) is 38.2. The van der Waals surface area contributed by atoms with Gasteiger partial charge in [0.1, 0.15) is 12.1 Å². The molecule has 1 heterocycles. The lowest BCUT2D eigenvalue weighted by molar-refractivity contribution is -0.143. The number of nitrogens with one attached hydrogen (secondary N) is 3. The van der Waals surface area contributed by atoms with Gasteiger partial charge in [0, 0.05) is 34.3 Å². The van der Waals surface area contributed by atoms with Crippen molar-refractivity contribution in [3.8, 4) is 0 Å². The molecule has 4 aliphatic rings. The molecule has 2 unspecified atom stereocenters. The summed E-state index contributed by atoms with van der Waals surface area (Å²) in [6.07, 6.45) is 11.6. The van der Waals surface area contributed by atoms with Crippen LogP contribution in [0.3, 0.4) is 0 Å². The van der Waals surface area contributed by atoms with Gasteiger partial charge in [-0.25, -0.2) is 4.79 Å². The van der Waals surface area contributed by atoms with E-state index >= 15 is 0 Å². The zero-order valence-corrected chi connectivity index (χ0v) is 32.7. The van der Waals surface area contributed by atoms with E-state index in [0.717, 1.165) is 76.2 Å². The molecule has 3 aliphatic carbocycles. The molecule has 1 aromatic rings. The predicted molar refractivity (Wildman–Crippen MR) is 204 cm³/mol. The van der Waals surface area contributed by atoms with E-state index in [1.807, 2.05) is 51.1 Å². The van der Waals surface area contributed by atoms with E-state index in [-0.39, 0.29) is 37.3 Å². The lowest BCUT2D eigenvalue weighted by Gasteiger charge is -2.40. The van der Waals surface area contributed by atoms with Crippen LogP contribution in [0.2, 0.25) is 0 Å². The van der Waals surface area contributed by atoms with Gasteiger partial charge in [-0.15, -0.1) is 0 Å². The Balaban J connectivity index is 1.38. The maximum Gasteiger partial charge on any atom is 0.315 e. The first-order valence-electron chi connectivity index (χ1n) is 19.8. The highest BCUT2D eigenvalue weighted by molar-refractivity contribution is 7.86. The molecule has 13 heteroatoms. The maximum atomic E-state index is 14.8. The molecule has 5 rings (SSSR count). The molecule has 53 heavy (non-hydrogen) atoms. The van der Waals surface area contributed by atoms with Gasteiger partial charge in [-0.3, -0.25) is 23.4 Å². The summed E-state index contributed by atoms with van der Waals surface area (Å²) in [5.74, 6) is -2.45. The van der Waals surface area contributed by atoms with E-state index < -0.39 is 68.9 Å². The second-order valence-electron chi connectivity index (χ2n) is 16.9. The van der Waals surface area contributed by atoms with E-state index in [0.29, 0.717) is 25.0 Å². The minimum atomic E-state index is -1.19. The molecular weight excluding hydrogens is 695 g/mol. The summed E-state index contributed by atoms with van der Waals surface area (Å²) >= 11 is 0. The van der Waals surface area contributed by atoms with Gasteiger partial charge in [-0.2, -0.15) is 0 Å². The smallest absolute Gasteiger partial charge is 0.315 e. The number of ether oxygens (including phenoxy) is 1. The fourth-order valence-electron chi connectivity index (χ4n) is 8.38. The number of likely N-dealkylation sites (tertiary alicyclic amines) is 1. The maximum absolute atomic E-state index is 14.8. The largest absolute Gasteiger partial charge is 0.372 e. The number of Topliss-reactive ketones (excluding diaryl/α,β-unsaturated/α-hetero) is 1. The Bertz CT molecular complexity index is 1470. The number of nitrogens with zero attached hydrogens (tertiary/aromatic N) is 1. The highest BCUT2D eigenvalue weighted by Crippen LogP contribution is 2.34. The van der Waals surface area contributed by atoms with Gasteiger partial charge < -0.3 is 31.3 Å². The standard InChI is InChI=1S/C40H61N5O7S/c1-39(2,3)53(51)26-40(20-11-6-12-21-40)44-38(50)43-33(29-18-9-5-10-19-29)37(49)45-24-30(52-25-28-14-7-4-8-15-28)23-32(45)36(48)42-31(34(46)35(41)47)22-27-16-13-17-27/h4,7-8,14-15,27,29-33H,5-6,9-13,16-26H2,1-3H3,(H2,41,47)(H,42,48)(H2,43,44,50)/t30-,31?,32+,33+,53?/m1/s1. The summed E-state index contributed by atoms with van der Waals surface area (Å²) in [6.45, 7) is 6.24. The first kappa shape index (κ1) is 40.9. The van der Waals surface area contributed by atoms with Crippen molar-refractivity contribution in [1.29, 1.82) is 0 Å². The minimum absolute atomic E-state index is 0.127. The van der Waals surface area contributed by atoms with Crippen LogP contribution >= 0.6 is 0 Å². The Hall–Kier alpha value is -3.32. The SMILES string of the molecule is CC(C)(C)S(=O)CC1(NC(=O)N[C@H](C(=O)N2C[C@H](OCc3ccccc3)C[C@H]2C(=O)NC(CC2CCC2)C(=O)C(N)=O)C2CCCCC2)CCCCC1. The molecule has 5 amide bonds. The third kappa shape index (κ3) is 11.1. The molecule has 4 fully saturated rings. The van der Waals surface area contributed by atoms with Crippen LogP contribution in [0.5, 0.6) is 0 Å². The van der Waals surface area contributed by atoms with Crippen LogP contribution in [0.15, 0.2) is 30.3 Å². The van der Waals surface area contributed by atoms with E-state index in [9.17, 15) is 28.2 Å². The molecule has 1 aromatic carbocycles. The lowest BCUT2D eigenvalue weighted by Crippen LogP contribution is -2.62. The van der Waals surface area contributed by atoms with Gasteiger partial charge >= 0.3 is 6.03 Å². The summed E-state index contributed by atoms with van der Waals surface area (Å²) in [6, 6.07) is 6.22. The molecule has 0 bridgehead atoms. The van der Waals surface area contributed by atoms with Crippen LogP contribution in [0.4, 0.5) is 4.79 Å². The van der Waals surface area contributed by atoms with Gasteiger partial charge in [0.15, 0.2) is 0 Å². The van der Waals surface area contributed by atoms with Crippen LogP contribution in [-0.4, -0.2) is 85.5 Å². The van der Waals surface area contributed by atoms with Crippen molar-refractivity contribution in [3.05, 3.63) is 35.9 Å². The number of hydrogen-bond acceptors (Lipinski definition) is 7. The van der Waals surface area contributed by atoms with Crippen molar-refractivity contribution < 1.29 is 32.9 Å². The van der Waals surface area contributed by atoms with Gasteiger partial charge in [0.05, 0.1) is 24.3 Å². The summed E-state index contributed by atoms with van der Waals surface area (Å²) in [4.78, 5) is 69.3. The van der Waals surface area contributed by atoms with Crippen molar-refractivity contribution in [2.24, 2.45) is 17.6 Å². The summed E-state index contributed by atoms with van der Waals surface area (Å²) in [5, 5.41) is 9.08. The molecule has 1 aliphatic heterocycles. The molecule has 12 nitrogen and oxygen atoms in total. The first-order valence-corrected chi connectivity index (χ1v) is 21.1. The number of nitrogens with two attached hydrogens (primary N) is 1. The quantitative estimate of drug-likeness (QED) is 0.192. The summed E-state index contributed by atoms with van der Waals surface area (Å²) in [5.41, 5.74) is 5.71. The topological polar surface area (TPSA) is 177 Å². The number of carbonyl (C=O) groups is 5. The minimum Gasteiger partial charge on any atom is -0.372 e. The number of carbonyl (C=O) groups excluding carboxylic acids is 5. The summed E-state index contributed by atoms with van der Waals surface area (Å²) in [7, 11) is -1.19. The molecule has 1 saturated heterocycles. The number of urea groups is 1. The molecule has 5 atom stereocenters. The number of benzene rings is 1. The zero-order valence-electron chi connectivity index (χ0n) is 31.9. The van der Waals surface area contributed by atoms with Crippen molar-refractivity contribution in [1.82, 2.24) is 20.9 Å². The molecule has 3 saturated carbocycles.